The Labute approximate surface area is 108 Å². The largest absolute Gasteiger partial charge is 0.493 e. The van der Waals surface area contributed by atoms with E-state index in [1.54, 1.807) is 30.7 Å². The van der Waals surface area contributed by atoms with E-state index in [0.717, 1.165) is 0 Å². The minimum absolute atomic E-state index is 0.214. The minimum Gasteiger partial charge on any atom is -0.493 e. The average Bonchev–Trinajstić information content (AvgIpc) is 2.85. The van der Waals surface area contributed by atoms with Crippen LogP contribution in [0.4, 0.5) is 0 Å². The Morgan fingerprint density at radius 3 is 2.67 bits per heavy atom. The van der Waals surface area contributed by atoms with Gasteiger partial charge in [0.25, 0.3) is 0 Å². The molecule has 94 valence electrons. The highest BCUT2D eigenvalue weighted by Crippen LogP contribution is 2.27. The van der Waals surface area contributed by atoms with Crippen LogP contribution >= 0.6 is 11.3 Å². The van der Waals surface area contributed by atoms with Crippen molar-refractivity contribution in [3.8, 4) is 11.5 Å². The van der Waals surface area contributed by atoms with E-state index >= 15 is 0 Å². The molecular formula is C13H12O4S. The Morgan fingerprint density at radius 1 is 1.28 bits per heavy atom. The number of aromatic carboxylic acids is 1. The van der Waals surface area contributed by atoms with Gasteiger partial charge in [-0.1, -0.05) is 12.1 Å². The molecule has 2 aromatic rings. The summed E-state index contributed by atoms with van der Waals surface area (Å²) in [5.74, 6) is 0.302. The maximum atomic E-state index is 10.9. The molecule has 0 aliphatic carbocycles. The first-order valence-electron chi connectivity index (χ1n) is 5.28. The Morgan fingerprint density at radius 2 is 2.00 bits per heavy atom. The molecular weight excluding hydrogens is 252 g/mol. The summed E-state index contributed by atoms with van der Waals surface area (Å²) >= 11 is 1.19. The fourth-order valence-corrected chi connectivity index (χ4v) is 2.28. The van der Waals surface area contributed by atoms with Gasteiger partial charge in [-0.3, -0.25) is 0 Å². The number of thiophene rings is 1. The minimum atomic E-state index is -0.927. The number of rotatable bonds is 5. The van der Waals surface area contributed by atoms with Crippen molar-refractivity contribution in [2.45, 2.75) is 6.61 Å². The van der Waals surface area contributed by atoms with Crippen LogP contribution in [0.3, 0.4) is 0 Å². The van der Waals surface area contributed by atoms with Crippen molar-refractivity contribution in [1.29, 1.82) is 0 Å². The van der Waals surface area contributed by atoms with Crippen molar-refractivity contribution in [1.82, 2.24) is 0 Å². The van der Waals surface area contributed by atoms with Crippen LogP contribution in [0.25, 0.3) is 0 Å². The quantitative estimate of drug-likeness (QED) is 0.901. The Balaban J connectivity index is 2.11. The van der Waals surface area contributed by atoms with Gasteiger partial charge in [-0.2, -0.15) is 0 Å². The number of para-hydroxylation sites is 2. The SMILES string of the molecule is COc1ccccc1OCc1ccsc1C(=O)O. The van der Waals surface area contributed by atoms with Gasteiger partial charge >= 0.3 is 5.97 Å². The summed E-state index contributed by atoms with van der Waals surface area (Å²) in [7, 11) is 1.56. The molecule has 0 fully saturated rings. The number of methoxy groups -OCH3 is 1. The Hall–Kier alpha value is -2.01. The third-order valence-corrected chi connectivity index (χ3v) is 3.34. The lowest BCUT2D eigenvalue weighted by Crippen LogP contribution is -2.02. The van der Waals surface area contributed by atoms with Crippen LogP contribution in [-0.2, 0) is 6.61 Å². The van der Waals surface area contributed by atoms with Crippen LogP contribution in [-0.4, -0.2) is 18.2 Å². The van der Waals surface area contributed by atoms with Gasteiger partial charge in [-0.15, -0.1) is 11.3 Å². The fraction of sp³-hybridized carbons (Fsp3) is 0.154. The predicted molar refractivity (Wildman–Crippen MR) is 68.6 cm³/mol. The molecule has 18 heavy (non-hydrogen) atoms. The normalized spacial score (nSPS) is 10.1. The van der Waals surface area contributed by atoms with Gasteiger partial charge < -0.3 is 14.6 Å². The number of hydrogen-bond donors (Lipinski definition) is 1. The third-order valence-electron chi connectivity index (χ3n) is 2.39. The maximum Gasteiger partial charge on any atom is 0.346 e. The number of benzene rings is 1. The summed E-state index contributed by atoms with van der Waals surface area (Å²) in [6.07, 6.45) is 0. The molecule has 1 N–H and O–H groups in total. The molecule has 5 heteroatoms. The van der Waals surface area contributed by atoms with Crippen LogP contribution in [0.5, 0.6) is 11.5 Å². The Bertz CT molecular complexity index is 547. The van der Waals surface area contributed by atoms with E-state index in [0.29, 0.717) is 21.9 Å². The zero-order valence-corrected chi connectivity index (χ0v) is 10.6. The number of hydrogen-bond acceptors (Lipinski definition) is 4. The maximum absolute atomic E-state index is 10.9. The summed E-state index contributed by atoms with van der Waals surface area (Å²) in [6.45, 7) is 0.214. The first-order chi connectivity index (χ1) is 8.72. The number of carbonyl (C=O) groups is 1. The van der Waals surface area contributed by atoms with Crippen LogP contribution in [0.2, 0.25) is 0 Å². The lowest BCUT2D eigenvalue weighted by molar-refractivity contribution is 0.0699. The lowest BCUT2D eigenvalue weighted by Gasteiger charge is -2.09. The molecule has 0 saturated heterocycles. The van der Waals surface area contributed by atoms with E-state index in [9.17, 15) is 4.79 Å². The van der Waals surface area contributed by atoms with Gasteiger partial charge in [0, 0.05) is 5.56 Å². The van der Waals surface area contributed by atoms with E-state index in [1.807, 2.05) is 12.1 Å². The highest BCUT2D eigenvalue weighted by molar-refractivity contribution is 7.12. The lowest BCUT2D eigenvalue weighted by atomic mass is 10.2. The summed E-state index contributed by atoms with van der Waals surface area (Å²) < 4.78 is 10.7. The monoisotopic (exact) mass is 264 g/mol. The standard InChI is InChI=1S/C13H12O4S/c1-16-10-4-2-3-5-11(10)17-8-9-6-7-18-12(9)13(14)15/h2-7H,8H2,1H3,(H,14,15). The first-order valence-corrected chi connectivity index (χ1v) is 6.16. The summed E-state index contributed by atoms with van der Waals surface area (Å²) in [5, 5.41) is 10.7. The zero-order valence-electron chi connectivity index (χ0n) is 9.75. The molecule has 1 aromatic carbocycles. The van der Waals surface area contributed by atoms with Gasteiger partial charge in [0.1, 0.15) is 11.5 Å². The van der Waals surface area contributed by atoms with Crippen molar-refractivity contribution in [3.05, 3.63) is 46.2 Å². The topological polar surface area (TPSA) is 55.8 Å². The molecule has 1 aromatic heterocycles. The van der Waals surface area contributed by atoms with Crippen LogP contribution in [0, 0.1) is 0 Å². The second-order valence-corrected chi connectivity index (χ2v) is 4.44. The number of carboxylic acid groups (broad SMARTS) is 1. The summed E-state index contributed by atoms with van der Waals surface area (Å²) in [4.78, 5) is 11.3. The van der Waals surface area contributed by atoms with Crippen molar-refractivity contribution in [2.75, 3.05) is 7.11 Å². The van der Waals surface area contributed by atoms with Crippen molar-refractivity contribution in [3.63, 3.8) is 0 Å². The highest BCUT2D eigenvalue weighted by atomic mass is 32.1. The molecule has 0 bridgehead atoms. The average molecular weight is 264 g/mol. The summed E-state index contributed by atoms with van der Waals surface area (Å²) in [6, 6.07) is 9.01. The van der Waals surface area contributed by atoms with E-state index in [2.05, 4.69) is 0 Å². The molecule has 0 unspecified atom stereocenters. The van der Waals surface area contributed by atoms with Gasteiger partial charge in [-0.05, 0) is 23.6 Å². The third kappa shape index (κ3) is 2.62. The molecule has 0 radical (unpaired) electrons. The molecule has 1 heterocycles. The second-order valence-electron chi connectivity index (χ2n) is 3.52. The van der Waals surface area contributed by atoms with Crippen LogP contribution in [0.1, 0.15) is 15.2 Å². The molecule has 4 nitrogen and oxygen atoms in total. The number of ether oxygens (including phenoxy) is 2. The molecule has 0 aliphatic rings. The van der Waals surface area contributed by atoms with E-state index in [4.69, 9.17) is 14.6 Å². The molecule has 0 amide bonds. The van der Waals surface area contributed by atoms with E-state index < -0.39 is 5.97 Å². The zero-order chi connectivity index (χ0) is 13.0. The molecule has 0 aliphatic heterocycles. The Kier molecular flexibility index (Phi) is 3.84. The second kappa shape index (κ2) is 5.55. The molecule has 0 saturated carbocycles. The van der Waals surface area contributed by atoms with Crippen LogP contribution < -0.4 is 9.47 Å². The van der Waals surface area contributed by atoms with Gasteiger partial charge in [0.2, 0.25) is 0 Å². The summed E-state index contributed by atoms with van der Waals surface area (Å²) in [5.41, 5.74) is 0.665. The van der Waals surface area contributed by atoms with Gasteiger partial charge in [0.15, 0.2) is 11.5 Å². The van der Waals surface area contributed by atoms with Gasteiger partial charge in [-0.25, -0.2) is 4.79 Å². The van der Waals surface area contributed by atoms with Crippen molar-refractivity contribution in [2.24, 2.45) is 0 Å². The van der Waals surface area contributed by atoms with Gasteiger partial charge in [0.05, 0.1) is 7.11 Å². The van der Waals surface area contributed by atoms with E-state index in [1.165, 1.54) is 11.3 Å². The molecule has 0 spiro atoms. The van der Waals surface area contributed by atoms with E-state index in [-0.39, 0.29) is 6.61 Å². The molecule has 2 rings (SSSR count). The first kappa shape index (κ1) is 12.4. The molecule has 0 atom stereocenters. The van der Waals surface area contributed by atoms with Crippen molar-refractivity contribution >= 4 is 17.3 Å². The predicted octanol–water partition coefficient (Wildman–Crippen LogP) is 3.03. The van der Waals surface area contributed by atoms with Crippen LogP contribution in [0.15, 0.2) is 35.7 Å². The highest BCUT2D eigenvalue weighted by Gasteiger charge is 2.12. The smallest absolute Gasteiger partial charge is 0.346 e. The van der Waals surface area contributed by atoms with Crippen molar-refractivity contribution < 1.29 is 19.4 Å². The number of carboxylic acids is 1. The fourth-order valence-electron chi connectivity index (χ4n) is 1.53.